The van der Waals surface area contributed by atoms with Crippen LogP contribution < -0.4 is 0 Å². The van der Waals surface area contributed by atoms with Gasteiger partial charge in [-0.05, 0) is 29.8 Å². The average molecular weight is 401 g/mol. The summed E-state index contributed by atoms with van der Waals surface area (Å²) < 4.78 is 40.0. The molecule has 4 rings (SSSR count). The number of aromatic nitrogens is 1. The molecular formula is C20H20FN3O3S. The fourth-order valence-corrected chi connectivity index (χ4v) is 4.95. The highest BCUT2D eigenvalue weighted by Gasteiger charge is 2.29. The summed E-state index contributed by atoms with van der Waals surface area (Å²) in [5.41, 5.74) is 1.81. The highest BCUT2D eigenvalue weighted by Crippen LogP contribution is 2.19. The first-order valence-electron chi connectivity index (χ1n) is 9.02. The third kappa shape index (κ3) is 3.79. The summed E-state index contributed by atoms with van der Waals surface area (Å²) in [4.78, 5) is 17.4. The summed E-state index contributed by atoms with van der Waals surface area (Å²) in [7, 11) is -3.43. The van der Waals surface area contributed by atoms with Crippen LogP contribution in [-0.4, -0.2) is 54.7 Å². The maximum absolute atomic E-state index is 13.3. The Morgan fingerprint density at radius 2 is 1.71 bits per heavy atom. The summed E-state index contributed by atoms with van der Waals surface area (Å²) in [5, 5.41) is 0.632. The van der Waals surface area contributed by atoms with Gasteiger partial charge in [-0.2, -0.15) is 4.31 Å². The maximum Gasteiger partial charge on any atom is 0.270 e. The number of H-pyrrole nitrogens is 1. The van der Waals surface area contributed by atoms with Gasteiger partial charge in [0.25, 0.3) is 5.91 Å². The van der Waals surface area contributed by atoms with Crippen LogP contribution >= 0.6 is 0 Å². The van der Waals surface area contributed by atoms with E-state index in [1.54, 1.807) is 29.2 Å². The van der Waals surface area contributed by atoms with E-state index in [9.17, 15) is 17.6 Å². The van der Waals surface area contributed by atoms with Crippen LogP contribution in [0.4, 0.5) is 4.39 Å². The van der Waals surface area contributed by atoms with Crippen LogP contribution in [-0.2, 0) is 15.8 Å². The van der Waals surface area contributed by atoms with Gasteiger partial charge in [0.2, 0.25) is 10.0 Å². The first kappa shape index (κ1) is 18.6. The number of nitrogens with one attached hydrogen (secondary N) is 1. The predicted octanol–water partition coefficient (Wildman–Crippen LogP) is 2.59. The van der Waals surface area contributed by atoms with E-state index >= 15 is 0 Å². The molecule has 0 unspecified atom stereocenters. The second kappa shape index (κ2) is 7.37. The lowest BCUT2D eigenvalue weighted by atomic mass is 10.2. The van der Waals surface area contributed by atoms with Crippen LogP contribution in [0.2, 0.25) is 0 Å². The van der Waals surface area contributed by atoms with Crippen molar-refractivity contribution in [3.05, 3.63) is 71.7 Å². The third-order valence-electron chi connectivity index (χ3n) is 4.92. The van der Waals surface area contributed by atoms with Crippen LogP contribution in [0.15, 0.2) is 54.6 Å². The molecule has 2 heterocycles. The third-order valence-corrected chi connectivity index (χ3v) is 6.77. The number of piperazine rings is 1. The Labute approximate surface area is 162 Å². The number of nitrogens with zero attached hydrogens (tertiary/aromatic N) is 2. The van der Waals surface area contributed by atoms with Gasteiger partial charge in [0.05, 0.1) is 5.75 Å². The molecule has 28 heavy (non-hydrogen) atoms. The highest BCUT2D eigenvalue weighted by molar-refractivity contribution is 7.88. The monoisotopic (exact) mass is 401 g/mol. The van der Waals surface area contributed by atoms with Gasteiger partial charge in [0, 0.05) is 37.1 Å². The van der Waals surface area contributed by atoms with Gasteiger partial charge in [-0.25, -0.2) is 12.8 Å². The van der Waals surface area contributed by atoms with E-state index in [-0.39, 0.29) is 30.6 Å². The molecule has 3 aromatic rings. The summed E-state index contributed by atoms with van der Waals surface area (Å²) in [6, 6.07) is 15.0. The molecule has 0 aliphatic carbocycles. The number of carbonyl (C=O) groups excluding carboxylic acids is 1. The molecule has 0 atom stereocenters. The SMILES string of the molecule is O=C(c1cc2cc(F)ccc2[nH]1)N1CCN(S(=O)(=O)Cc2ccccc2)CC1. The van der Waals surface area contributed by atoms with Gasteiger partial charge in [-0.15, -0.1) is 0 Å². The molecule has 0 bridgehead atoms. The van der Waals surface area contributed by atoms with Gasteiger partial charge in [0.1, 0.15) is 11.5 Å². The van der Waals surface area contributed by atoms with Crippen molar-refractivity contribution in [1.29, 1.82) is 0 Å². The Kier molecular flexibility index (Phi) is 4.91. The zero-order valence-corrected chi connectivity index (χ0v) is 16.0. The van der Waals surface area contributed by atoms with Crippen molar-refractivity contribution >= 4 is 26.8 Å². The second-order valence-corrected chi connectivity index (χ2v) is 8.82. The van der Waals surface area contributed by atoms with E-state index in [1.807, 2.05) is 18.2 Å². The number of fused-ring (bicyclic) bond motifs is 1. The lowest BCUT2D eigenvalue weighted by Gasteiger charge is -2.33. The van der Waals surface area contributed by atoms with Crippen molar-refractivity contribution < 1.29 is 17.6 Å². The van der Waals surface area contributed by atoms with E-state index in [4.69, 9.17) is 0 Å². The lowest BCUT2D eigenvalue weighted by Crippen LogP contribution is -2.50. The molecule has 1 saturated heterocycles. The number of rotatable bonds is 4. The zero-order valence-electron chi connectivity index (χ0n) is 15.1. The van der Waals surface area contributed by atoms with Crippen LogP contribution in [0.5, 0.6) is 0 Å². The number of hydrogen-bond acceptors (Lipinski definition) is 3. The molecule has 1 aliphatic heterocycles. The van der Waals surface area contributed by atoms with Gasteiger partial charge < -0.3 is 9.88 Å². The number of halogens is 1. The summed E-state index contributed by atoms with van der Waals surface area (Å²) in [6.45, 7) is 1.15. The van der Waals surface area contributed by atoms with Crippen molar-refractivity contribution in [2.45, 2.75) is 5.75 Å². The van der Waals surface area contributed by atoms with E-state index < -0.39 is 10.0 Å². The summed E-state index contributed by atoms with van der Waals surface area (Å²) in [5.74, 6) is -0.616. The number of carbonyl (C=O) groups is 1. The molecular weight excluding hydrogens is 381 g/mol. The molecule has 0 spiro atoms. The molecule has 8 heteroatoms. The number of benzene rings is 2. The van der Waals surface area contributed by atoms with Crippen LogP contribution in [0, 0.1) is 5.82 Å². The first-order valence-corrected chi connectivity index (χ1v) is 10.6. The average Bonchev–Trinajstić information content (AvgIpc) is 3.11. The Morgan fingerprint density at radius 3 is 2.43 bits per heavy atom. The van der Waals surface area contributed by atoms with Gasteiger partial charge in [-0.1, -0.05) is 30.3 Å². The van der Waals surface area contributed by atoms with Gasteiger partial charge in [-0.3, -0.25) is 4.79 Å². The van der Waals surface area contributed by atoms with Crippen molar-refractivity contribution in [1.82, 2.24) is 14.2 Å². The molecule has 1 fully saturated rings. The van der Waals surface area contributed by atoms with Crippen LogP contribution in [0.3, 0.4) is 0 Å². The Bertz CT molecular complexity index is 1100. The van der Waals surface area contributed by atoms with Crippen molar-refractivity contribution in [2.24, 2.45) is 0 Å². The Balaban J connectivity index is 1.42. The molecule has 1 aromatic heterocycles. The zero-order chi connectivity index (χ0) is 19.7. The van der Waals surface area contributed by atoms with E-state index in [0.717, 1.165) is 5.56 Å². The molecule has 0 saturated carbocycles. The molecule has 1 amide bonds. The molecule has 1 N–H and O–H groups in total. The minimum absolute atomic E-state index is 0.0463. The lowest BCUT2D eigenvalue weighted by molar-refractivity contribution is 0.0693. The predicted molar refractivity (Wildman–Crippen MR) is 105 cm³/mol. The van der Waals surface area contributed by atoms with E-state index in [2.05, 4.69) is 4.98 Å². The van der Waals surface area contributed by atoms with Crippen LogP contribution in [0.1, 0.15) is 16.1 Å². The Morgan fingerprint density at radius 1 is 1.00 bits per heavy atom. The molecule has 0 radical (unpaired) electrons. The number of sulfonamides is 1. The topological polar surface area (TPSA) is 73.5 Å². The quantitative estimate of drug-likeness (QED) is 0.730. The number of hydrogen-bond donors (Lipinski definition) is 1. The molecule has 146 valence electrons. The second-order valence-electron chi connectivity index (χ2n) is 6.85. The first-order chi connectivity index (χ1) is 13.4. The van der Waals surface area contributed by atoms with E-state index in [1.165, 1.54) is 16.4 Å². The summed E-state index contributed by atoms with van der Waals surface area (Å²) in [6.07, 6.45) is 0. The molecule has 2 aromatic carbocycles. The largest absolute Gasteiger partial charge is 0.351 e. The fourth-order valence-electron chi connectivity index (χ4n) is 3.43. The summed E-state index contributed by atoms with van der Waals surface area (Å²) >= 11 is 0. The standard InChI is InChI=1S/C20H20FN3O3S/c21-17-6-7-18-16(12-17)13-19(22-18)20(25)23-8-10-24(11-9-23)28(26,27)14-15-4-2-1-3-5-15/h1-7,12-13,22H,8-11,14H2. The highest BCUT2D eigenvalue weighted by atomic mass is 32.2. The molecule has 6 nitrogen and oxygen atoms in total. The number of aromatic amines is 1. The Hall–Kier alpha value is -2.71. The van der Waals surface area contributed by atoms with Crippen molar-refractivity contribution in [3.63, 3.8) is 0 Å². The van der Waals surface area contributed by atoms with Crippen molar-refractivity contribution in [2.75, 3.05) is 26.2 Å². The minimum atomic E-state index is -3.43. The minimum Gasteiger partial charge on any atom is -0.351 e. The number of amides is 1. The van der Waals surface area contributed by atoms with Gasteiger partial charge >= 0.3 is 0 Å². The molecule has 1 aliphatic rings. The van der Waals surface area contributed by atoms with E-state index in [0.29, 0.717) is 29.7 Å². The smallest absolute Gasteiger partial charge is 0.270 e. The van der Waals surface area contributed by atoms with Gasteiger partial charge in [0.15, 0.2) is 0 Å². The fraction of sp³-hybridized carbons (Fsp3) is 0.250. The van der Waals surface area contributed by atoms with Crippen molar-refractivity contribution in [3.8, 4) is 0 Å². The van der Waals surface area contributed by atoms with Crippen LogP contribution in [0.25, 0.3) is 10.9 Å². The maximum atomic E-state index is 13.3. The normalized spacial score (nSPS) is 15.8.